The Hall–Kier alpha value is -2.40. The highest BCUT2D eigenvalue weighted by Crippen LogP contribution is 2.49. The number of aromatic nitrogens is 2. The molecule has 1 aliphatic carbocycles. The van der Waals surface area contributed by atoms with E-state index in [-0.39, 0.29) is 17.1 Å². The summed E-state index contributed by atoms with van der Waals surface area (Å²) in [5.74, 6) is 0.745. The van der Waals surface area contributed by atoms with Crippen LogP contribution in [0.1, 0.15) is 37.7 Å². The van der Waals surface area contributed by atoms with E-state index >= 15 is 0 Å². The SMILES string of the molecule is CN1CCN(c2ncc(N3CC4(CCC(c5ccccc5)(N(C)SC5CCOC5)CC4)NC3=O)cn2)CC1. The van der Waals surface area contributed by atoms with Crippen LogP contribution in [-0.4, -0.2) is 96.0 Å². The Morgan fingerprint density at radius 3 is 2.42 bits per heavy atom. The van der Waals surface area contributed by atoms with E-state index in [1.54, 1.807) is 0 Å². The fourth-order valence-corrected chi connectivity index (χ4v) is 7.72. The van der Waals surface area contributed by atoms with Gasteiger partial charge in [0.25, 0.3) is 0 Å². The maximum Gasteiger partial charge on any atom is 0.322 e. The highest BCUT2D eigenvalue weighted by molar-refractivity contribution is 7.97. The first-order valence-electron chi connectivity index (χ1n) is 13.9. The molecule has 1 atom stereocenters. The zero-order valence-electron chi connectivity index (χ0n) is 22.5. The van der Waals surface area contributed by atoms with Gasteiger partial charge in [-0.2, -0.15) is 0 Å². The van der Waals surface area contributed by atoms with E-state index in [0.29, 0.717) is 11.8 Å². The lowest BCUT2D eigenvalue weighted by Crippen LogP contribution is -2.53. The summed E-state index contributed by atoms with van der Waals surface area (Å²) in [6.45, 7) is 6.20. The molecule has 1 N–H and O–H groups in total. The van der Waals surface area contributed by atoms with Crippen LogP contribution in [-0.2, 0) is 10.3 Å². The second-order valence-corrected chi connectivity index (χ2v) is 12.7. The van der Waals surface area contributed by atoms with E-state index in [4.69, 9.17) is 4.74 Å². The van der Waals surface area contributed by atoms with Crippen molar-refractivity contribution in [2.75, 3.05) is 69.8 Å². The largest absolute Gasteiger partial charge is 0.380 e. The molecule has 1 aromatic heterocycles. The molecule has 1 saturated carbocycles. The number of anilines is 2. The van der Waals surface area contributed by atoms with E-state index in [1.807, 2.05) is 29.2 Å². The first kappa shape index (κ1) is 25.9. The van der Waals surface area contributed by atoms with Gasteiger partial charge in [0.2, 0.25) is 5.95 Å². The molecular weight excluding hydrogens is 498 g/mol. The van der Waals surface area contributed by atoms with Crippen LogP contribution in [0.5, 0.6) is 0 Å². The van der Waals surface area contributed by atoms with Crippen LogP contribution in [0.25, 0.3) is 0 Å². The van der Waals surface area contributed by atoms with Gasteiger partial charge in [-0.1, -0.05) is 42.3 Å². The van der Waals surface area contributed by atoms with Gasteiger partial charge in [-0.25, -0.2) is 19.1 Å². The van der Waals surface area contributed by atoms with Crippen molar-refractivity contribution in [1.82, 2.24) is 24.5 Å². The van der Waals surface area contributed by atoms with Crippen molar-refractivity contribution < 1.29 is 9.53 Å². The predicted octanol–water partition coefficient (Wildman–Crippen LogP) is 3.34. The molecule has 2 aromatic rings. The van der Waals surface area contributed by atoms with Gasteiger partial charge in [0.15, 0.2) is 0 Å². The number of ether oxygens (including phenoxy) is 1. The summed E-state index contributed by atoms with van der Waals surface area (Å²) in [6.07, 6.45) is 8.55. The maximum atomic E-state index is 13.2. The Morgan fingerprint density at radius 1 is 1.05 bits per heavy atom. The number of nitrogens with zero attached hydrogens (tertiary/aromatic N) is 6. The van der Waals surface area contributed by atoms with Crippen LogP contribution in [0.2, 0.25) is 0 Å². The number of benzene rings is 1. The summed E-state index contributed by atoms with van der Waals surface area (Å²) in [6, 6.07) is 10.9. The molecule has 0 radical (unpaired) electrons. The topological polar surface area (TPSA) is 77.1 Å². The Labute approximate surface area is 230 Å². The number of carbonyl (C=O) groups is 1. The minimum Gasteiger partial charge on any atom is -0.380 e. The third-order valence-corrected chi connectivity index (χ3v) is 10.3. The molecule has 1 aromatic carbocycles. The second-order valence-electron chi connectivity index (χ2n) is 11.3. The molecule has 3 aliphatic heterocycles. The van der Waals surface area contributed by atoms with E-state index in [2.05, 4.69) is 73.8 Å². The fourth-order valence-electron chi connectivity index (χ4n) is 6.42. The highest BCUT2D eigenvalue weighted by Gasteiger charge is 2.51. The number of hydrogen-bond donors (Lipinski definition) is 1. The predicted molar refractivity (Wildman–Crippen MR) is 152 cm³/mol. The molecule has 6 rings (SSSR count). The number of rotatable bonds is 6. The molecule has 1 spiro atoms. The van der Waals surface area contributed by atoms with Crippen molar-refractivity contribution in [3.05, 3.63) is 48.3 Å². The number of nitrogens with one attached hydrogen (secondary N) is 1. The molecule has 4 heterocycles. The van der Waals surface area contributed by atoms with Gasteiger partial charge in [0.1, 0.15) is 0 Å². The van der Waals surface area contributed by atoms with Crippen LogP contribution in [0.15, 0.2) is 42.7 Å². The number of piperazine rings is 1. The minimum atomic E-state index is -0.229. The number of carbonyl (C=O) groups excluding carboxylic acids is 1. The lowest BCUT2D eigenvalue weighted by Gasteiger charge is -2.49. The zero-order chi connectivity index (χ0) is 26.2. The first-order chi connectivity index (χ1) is 18.5. The summed E-state index contributed by atoms with van der Waals surface area (Å²) in [5, 5.41) is 3.88. The molecule has 9 nitrogen and oxygen atoms in total. The van der Waals surface area contributed by atoms with E-state index in [1.165, 1.54) is 5.56 Å². The van der Waals surface area contributed by atoms with Crippen molar-refractivity contribution in [2.24, 2.45) is 0 Å². The van der Waals surface area contributed by atoms with Gasteiger partial charge in [0.05, 0.1) is 42.3 Å². The molecule has 204 valence electrons. The van der Waals surface area contributed by atoms with Gasteiger partial charge in [-0.3, -0.25) is 4.90 Å². The van der Waals surface area contributed by atoms with E-state index in [9.17, 15) is 4.79 Å². The van der Waals surface area contributed by atoms with Crippen LogP contribution < -0.4 is 15.1 Å². The molecule has 2 amide bonds. The normalized spacial score (nSPS) is 30.4. The zero-order valence-corrected chi connectivity index (χ0v) is 23.3. The smallest absolute Gasteiger partial charge is 0.322 e. The van der Waals surface area contributed by atoms with Gasteiger partial charge >= 0.3 is 6.03 Å². The van der Waals surface area contributed by atoms with E-state index in [0.717, 1.165) is 83.1 Å². The summed E-state index contributed by atoms with van der Waals surface area (Å²) >= 11 is 1.94. The van der Waals surface area contributed by atoms with Crippen LogP contribution >= 0.6 is 11.9 Å². The van der Waals surface area contributed by atoms with Crippen LogP contribution in [0, 0.1) is 0 Å². The monoisotopic (exact) mass is 537 g/mol. The lowest BCUT2D eigenvalue weighted by atomic mass is 9.69. The van der Waals surface area contributed by atoms with Crippen molar-refractivity contribution in [2.45, 2.75) is 48.4 Å². The average molecular weight is 538 g/mol. The summed E-state index contributed by atoms with van der Waals surface area (Å²) < 4.78 is 8.15. The Balaban J connectivity index is 1.15. The van der Waals surface area contributed by atoms with Crippen molar-refractivity contribution >= 4 is 29.6 Å². The standard InChI is InChI=1S/C28H39N7O2S/c1-32-13-15-34(16-14-32)25-29-18-23(19-30-25)35-21-27(31-26(35)36)9-11-28(12-10-27,22-6-4-3-5-7-22)33(2)38-24-8-17-37-20-24/h3-7,18-19,24H,8-17,20-21H2,1-2H3,(H,31,36). The molecule has 4 aliphatic rings. The fraction of sp³-hybridized carbons (Fsp3) is 0.607. The minimum absolute atomic E-state index is 0.0426. The quantitative estimate of drug-likeness (QED) is 0.563. The summed E-state index contributed by atoms with van der Waals surface area (Å²) in [4.78, 5) is 28.8. The molecular formula is C28H39N7O2S. The molecule has 4 fully saturated rings. The van der Waals surface area contributed by atoms with Crippen LogP contribution in [0.3, 0.4) is 0 Å². The Bertz CT molecular complexity index is 1100. The number of amides is 2. The molecule has 0 bridgehead atoms. The van der Waals surface area contributed by atoms with E-state index < -0.39 is 0 Å². The second kappa shape index (κ2) is 10.6. The molecule has 38 heavy (non-hydrogen) atoms. The number of likely N-dealkylation sites (N-methyl/N-ethyl adjacent to an activating group) is 1. The number of urea groups is 1. The van der Waals surface area contributed by atoms with Gasteiger partial charge in [-0.15, -0.1) is 0 Å². The van der Waals surface area contributed by atoms with Gasteiger partial charge in [-0.05, 0) is 51.8 Å². The summed E-state index contributed by atoms with van der Waals surface area (Å²) in [5.41, 5.74) is 1.84. The molecule has 3 saturated heterocycles. The maximum absolute atomic E-state index is 13.2. The third kappa shape index (κ3) is 4.99. The lowest BCUT2D eigenvalue weighted by molar-refractivity contribution is 0.112. The molecule has 10 heteroatoms. The third-order valence-electron chi connectivity index (χ3n) is 8.94. The number of hydrogen-bond acceptors (Lipinski definition) is 8. The average Bonchev–Trinajstić information content (AvgIpc) is 3.58. The Morgan fingerprint density at radius 2 is 1.76 bits per heavy atom. The first-order valence-corrected chi connectivity index (χ1v) is 14.7. The van der Waals surface area contributed by atoms with Crippen molar-refractivity contribution in [3.8, 4) is 0 Å². The summed E-state index contributed by atoms with van der Waals surface area (Å²) in [7, 11) is 4.38. The molecule has 1 unspecified atom stereocenters. The highest BCUT2D eigenvalue weighted by atomic mass is 32.2. The van der Waals surface area contributed by atoms with Gasteiger partial charge in [0, 0.05) is 38.0 Å². The van der Waals surface area contributed by atoms with Crippen molar-refractivity contribution in [3.63, 3.8) is 0 Å². The van der Waals surface area contributed by atoms with Crippen molar-refractivity contribution in [1.29, 1.82) is 0 Å². The van der Waals surface area contributed by atoms with Gasteiger partial charge < -0.3 is 19.9 Å². The van der Waals surface area contributed by atoms with Crippen LogP contribution in [0.4, 0.5) is 16.4 Å². The Kier molecular flexibility index (Phi) is 7.24.